The van der Waals surface area contributed by atoms with Crippen molar-refractivity contribution in [3.8, 4) is 23.3 Å². The van der Waals surface area contributed by atoms with E-state index >= 15 is 0 Å². The van der Waals surface area contributed by atoms with E-state index < -0.39 is 10.0 Å². The average Bonchev–Trinajstić information content (AvgIpc) is 4.09. The van der Waals surface area contributed by atoms with Crippen molar-refractivity contribution in [3.63, 3.8) is 0 Å². The molecule has 9 nitrogen and oxygen atoms in total. The molecule has 63 heavy (non-hydrogen) atoms. The lowest BCUT2D eigenvalue weighted by molar-refractivity contribution is 0.877. The third-order valence-electron chi connectivity index (χ3n) is 12.0. The standard InChI is InChI=1S/C53H35N9S/c1-5-19-36(20-6-1)49-56-50(61-46-32-18-17-31-45(46)59-43-29-15-13-27-41(43)54-52(59)61)58-51(57-49)62-47-34-33-40(35-48(47)60-44-30-16-14-28-42(44)55-53(60)62)63(37-21-7-2-8-22-37,38-23-9-3-10-24-38)39-25-11-4-12-26-39/h1-35H. The van der Waals surface area contributed by atoms with E-state index in [0.29, 0.717) is 29.3 Å². The topological polar surface area (TPSA) is 83.1 Å². The van der Waals surface area contributed by atoms with Crippen LogP contribution in [-0.2, 0) is 0 Å². The smallest absolute Gasteiger partial charge is 0.242 e. The van der Waals surface area contributed by atoms with Crippen LogP contribution in [0.15, 0.2) is 232 Å². The number of hydrogen-bond acceptors (Lipinski definition) is 5. The van der Waals surface area contributed by atoms with E-state index in [9.17, 15) is 0 Å². The minimum atomic E-state index is -1.99. The molecule has 13 rings (SSSR count). The van der Waals surface area contributed by atoms with Crippen molar-refractivity contribution in [2.24, 2.45) is 0 Å². The van der Waals surface area contributed by atoms with Crippen LogP contribution in [0.25, 0.3) is 79.0 Å². The number of para-hydroxylation sites is 6. The monoisotopic (exact) mass is 829 g/mol. The fraction of sp³-hybridized carbons (Fsp3) is 0. The number of nitrogens with zero attached hydrogens (tertiary/aromatic N) is 9. The van der Waals surface area contributed by atoms with Crippen LogP contribution < -0.4 is 0 Å². The number of fused-ring (bicyclic) bond motifs is 10. The maximum absolute atomic E-state index is 5.40. The molecule has 0 fully saturated rings. The van der Waals surface area contributed by atoms with Gasteiger partial charge in [0.05, 0.1) is 44.1 Å². The summed E-state index contributed by atoms with van der Waals surface area (Å²) in [6.07, 6.45) is 0. The summed E-state index contributed by atoms with van der Waals surface area (Å²) < 4.78 is 8.58. The zero-order valence-corrected chi connectivity index (χ0v) is 34.5. The second-order valence-corrected chi connectivity index (χ2v) is 18.6. The van der Waals surface area contributed by atoms with Gasteiger partial charge in [-0.25, -0.2) is 19.1 Å². The van der Waals surface area contributed by atoms with Gasteiger partial charge in [-0.05, 0) is 91.0 Å². The molecule has 0 saturated heterocycles. The van der Waals surface area contributed by atoms with E-state index in [1.54, 1.807) is 0 Å². The van der Waals surface area contributed by atoms with Gasteiger partial charge in [0, 0.05) is 25.1 Å². The van der Waals surface area contributed by atoms with Crippen molar-refractivity contribution in [2.75, 3.05) is 0 Å². The average molecular weight is 830 g/mol. The Hall–Kier alpha value is -8.34. The molecule has 8 aromatic carbocycles. The van der Waals surface area contributed by atoms with Crippen LogP contribution in [0.1, 0.15) is 0 Å². The third kappa shape index (κ3) is 5.22. The molecule has 0 unspecified atom stereocenters. The lowest BCUT2D eigenvalue weighted by Crippen LogP contribution is -2.11. The maximum Gasteiger partial charge on any atom is 0.242 e. The summed E-state index contributed by atoms with van der Waals surface area (Å²) in [6, 6.07) is 74.6. The van der Waals surface area contributed by atoms with E-state index in [1.165, 1.54) is 19.6 Å². The van der Waals surface area contributed by atoms with Gasteiger partial charge < -0.3 is 0 Å². The highest BCUT2D eigenvalue weighted by atomic mass is 32.3. The van der Waals surface area contributed by atoms with Crippen LogP contribution in [0.3, 0.4) is 0 Å². The highest BCUT2D eigenvalue weighted by molar-refractivity contribution is 8.34. The van der Waals surface area contributed by atoms with Crippen molar-refractivity contribution in [1.82, 2.24) is 42.9 Å². The zero-order valence-electron chi connectivity index (χ0n) is 33.6. The quantitative estimate of drug-likeness (QED) is 0.160. The molecule has 0 aliphatic heterocycles. The van der Waals surface area contributed by atoms with Gasteiger partial charge in [0.1, 0.15) is 0 Å². The molecule has 13 aromatic rings. The van der Waals surface area contributed by atoms with E-state index in [0.717, 1.165) is 49.7 Å². The minimum Gasteiger partial charge on any atom is -0.276 e. The molecular weight excluding hydrogens is 795 g/mol. The highest BCUT2D eigenvalue weighted by Gasteiger charge is 2.34. The Morgan fingerprint density at radius 2 is 0.714 bits per heavy atom. The van der Waals surface area contributed by atoms with Gasteiger partial charge in [0.2, 0.25) is 23.5 Å². The van der Waals surface area contributed by atoms with Crippen LogP contribution in [0.4, 0.5) is 0 Å². The summed E-state index contributed by atoms with van der Waals surface area (Å²) in [5, 5.41) is 0. The SMILES string of the molecule is c1ccc(-c2nc(-n3c4ccccc4n4c5ccccc5nc34)nc(-n3c4ccc(S(c5ccccc5)(c5ccccc5)c5ccccc5)cc4n4c5ccccc5nc34)n2)cc1. The fourth-order valence-electron chi connectivity index (χ4n) is 9.28. The predicted octanol–water partition coefficient (Wildman–Crippen LogP) is 12.4. The molecule has 298 valence electrons. The van der Waals surface area contributed by atoms with Crippen LogP contribution >= 0.6 is 10.0 Å². The molecule has 0 radical (unpaired) electrons. The van der Waals surface area contributed by atoms with Gasteiger partial charge in [-0.3, -0.25) is 8.80 Å². The van der Waals surface area contributed by atoms with Crippen molar-refractivity contribution in [1.29, 1.82) is 0 Å². The Balaban J connectivity index is 1.14. The predicted molar refractivity (Wildman–Crippen MR) is 251 cm³/mol. The van der Waals surface area contributed by atoms with Gasteiger partial charge in [-0.2, -0.15) is 15.0 Å². The first-order valence-electron chi connectivity index (χ1n) is 20.8. The molecule has 0 atom stereocenters. The van der Waals surface area contributed by atoms with Gasteiger partial charge in [0.15, 0.2) is 5.82 Å². The summed E-state index contributed by atoms with van der Waals surface area (Å²) in [4.78, 5) is 31.4. The van der Waals surface area contributed by atoms with Crippen molar-refractivity contribution >= 4 is 65.7 Å². The Bertz CT molecular complexity index is 3760. The van der Waals surface area contributed by atoms with E-state index in [1.807, 2.05) is 65.2 Å². The van der Waals surface area contributed by atoms with Crippen molar-refractivity contribution in [3.05, 3.63) is 212 Å². The lowest BCUT2D eigenvalue weighted by atomic mass is 10.2. The Morgan fingerprint density at radius 1 is 0.302 bits per heavy atom. The normalized spacial score (nSPS) is 12.4. The summed E-state index contributed by atoms with van der Waals surface area (Å²) in [5.74, 6) is 2.86. The molecule has 0 aliphatic carbocycles. The number of hydrogen-bond donors (Lipinski definition) is 0. The van der Waals surface area contributed by atoms with Crippen LogP contribution in [0, 0.1) is 0 Å². The third-order valence-corrected chi connectivity index (χ3v) is 15.9. The first-order chi connectivity index (χ1) is 31.3. The molecule has 0 bridgehead atoms. The second-order valence-electron chi connectivity index (χ2n) is 15.5. The summed E-state index contributed by atoms with van der Waals surface area (Å²) in [6.45, 7) is 0. The van der Waals surface area contributed by atoms with Gasteiger partial charge >= 0.3 is 0 Å². The van der Waals surface area contributed by atoms with Crippen LogP contribution in [0.2, 0.25) is 0 Å². The minimum absolute atomic E-state index is 0.446. The fourth-order valence-corrected chi connectivity index (χ4v) is 13.2. The first-order valence-corrected chi connectivity index (χ1v) is 22.5. The maximum atomic E-state index is 5.40. The lowest BCUT2D eigenvalue weighted by Gasteiger charge is -2.42. The molecule has 0 spiro atoms. The van der Waals surface area contributed by atoms with Gasteiger partial charge in [-0.15, -0.1) is 10.0 Å². The van der Waals surface area contributed by atoms with Gasteiger partial charge in [-0.1, -0.05) is 121 Å². The Morgan fingerprint density at radius 3 is 1.24 bits per heavy atom. The Labute approximate surface area is 362 Å². The molecule has 5 heterocycles. The molecule has 10 heteroatoms. The molecule has 0 saturated carbocycles. The van der Waals surface area contributed by atoms with E-state index in [2.05, 4.69) is 165 Å². The van der Waals surface area contributed by atoms with Crippen molar-refractivity contribution in [2.45, 2.75) is 19.6 Å². The Kier molecular flexibility index (Phi) is 7.79. The summed E-state index contributed by atoms with van der Waals surface area (Å²) in [7, 11) is -1.99. The zero-order chi connectivity index (χ0) is 41.5. The molecule has 5 aromatic heterocycles. The summed E-state index contributed by atoms with van der Waals surface area (Å²) in [5.41, 5.74) is 8.49. The number of rotatable bonds is 7. The van der Waals surface area contributed by atoms with Crippen molar-refractivity contribution < 1.29 is 0 Å². The van der Waals surface area contributed by atoms with E-state index in [4.69, 9.17) is 24.9 Å². The number of aromatic nitrogens is 9. The molecular formula is C53H35N9S. The summed E-state index contributed by atoms with van der Waals surface area (Å²) >= 11 is 0. The first kappa shape index (κ1) is 35.4. The number of imidazole rings is 4. The highest BCUT2D eigenvalue weighted by Crippen LogP contribution is 2.73. The number of benzene rings is 8. The molecule has 0 aliphatic rings. The van der Waals surface area contributed by atoms with Crippen LogP contribution in [-0.4, -0.2) is 42.9 Å². The van der Waals surface area contributed by atoms with Gasteiger partial charge in [0.25, 0.3) is 0 Å². The second kappa shape index (κ2) is 13.8. The largest absolute Gasteiger partial charge is 0.276 e. The van der Waals surface area contributed by atoms with Crippen LogP contribution in [0.5, 0.6) is 0 Å². The molecule has 0 N–H and O–H groups in total. The molecule has 0 amide bonds. The van der Waals surface area contributed by atoms with E-state index in [-0.39, 0.29) is 0 Å².